The Labute approximate surface area is 131 Å². The molecule has 0 saturated carbocycles. The van der Waals surface area contributed by atoms with Crippen LogP contribution in [0, 0.1) is 0 Å². The molecule has 0 unspecified atom stereocenters. The van der Waals surface area contributed by atoms with Crippen LogP contribution in [0.3, 0.4) is 0 Å². The van der Waals surface area contributed by atoms with Crippen molar-refractivity contribution in [2.75, 3.05) is 18.1 Å². The first kappa shape index (κ1) is 14.2. The normalized spacial score (nSPS) is 11.0. The number of rotatable bonds is 5. The fourth-order valence-corrected chi connectivity index (χ4v) is 2.75. The van der Waals surface area contributed by atoms with Crippen molar-refractivity contribution in [1.29, 1.82) is 0 Å². The average Bonchev–Trinajstić information content (AvgIpc) is 2.93. The summed E-state index contributed by atoms with van der Waals surface area (Å²) in [6, 6.07) is 7.87. The minimum atomic E-state index is 0.753. The Kier molecular flexibility index (Phi) is 4.26. The van der Waals surface area contributed by atoms with Gasteiger partial charge in [-0.25, -0.2) is 9.97 Å². The molecule has 108 valence electrons. The van der Waals surface area contributed by atoms with Gasteiger partial charge in [-0.1, -0.05) is 23.7 Å². The third-order valence-corrected chi connectivity index (χ3v) is 4.07. The summed E-state index contributed by atoms with van der Waals surface area (Å²) in [5.41, 5.74) is 1.98. The fraction of sp³-hybridized carbons (Fsp3) is 0.214. The highest BCUT2D eigenvalue weighted by Gasteiger charge is 2.11. The van der Waals surface area contributed by atoms with Crippen LogP contribution in [0.15, 0.2) is 35.6 Å². The highest BCUT2D eigenvalue weighted by molar-refractivity contribution is 7.98. The Morgan fingerprint density at radius 2 is 2.05 bits per heavy atom. The number of benzene rings is 1. The molecule has 0 spiro atoms. The summed E-state index contributed by atoms with van der Waals surface area (Å²) in [5.74, 6) is 0.812. The molecule has 0 atom stereocenters. The summed E-state index contributed by atoms with van der Waals surface area (Å²) < 4.78 is 0. The summed E-state index contributed by atoms with van der Waals surface area (Å²) in [5, 5.41) is 13.1. The monoisotopic (exact) mass is 319 g/mol. The van der Waals surface area contributed by atoms with Crippen molar-refractivity contribution in [2.45, 2.75) is 11.4 Å². The Balaban J connectivity index is 1.73. The van der Waals surface area contributed by atoms with Crippen molar-refractivity contribution < 1.29 is 0 Å². The molecule has 2 aromatic heterocycles. The van der Waals surface area contributed by atoms with E-state index in [4.69, 9.17) is 11.6 Å². The zero-order valence-corrected chi connectivity index (χ0v) is 13.0. The maximum atomic E-state index is 5.88. The number of hydrogen-bond donors (Lipinski definition) is 2. The number of fused-ring (bicyclic) bond motifs is 1. The van der Waals surface area contributed by atoms with Gasteiger partial charge >= 0.3 is 0 Å². The van der Waals surface area contributed by atoms with E-state index in [0.717, 1.165) is 39.9 Å². The number of nitrogens with one attached hydrogen (secondary N) is 2. The lowest BCUT2D eigenvalue weighted by molar-refractivity contribution is 1.01. The van der Waals surface area contributed by atoms with Crippen molar-refractivity contribution in [3.8, 4) is 0 Å². The van der Waals surface area contributed by atoms with Crippen molar-refractivity contribution >= 4 is 40.2 Å². The lowest BCUT2D eigenvalue weighted by Gasteiger charge is -2.07. The van der Waals surface area contributed by atoms with Gasteiger partial charge in [-0.3, -0.25) is 5.10 Å². The van der Waals surface area contributed by atoms with Gasteiger partial charge in [0.15, 0.2) is 5.65 Å². The van der Waals surface area contributed by atoms with E-state index in [2.05, 4.69) is 25.5 Å². The number of anilines is 1. The van der Waals surface area contributed by atoms with Gasteiger partial charge in [0.1, 0.15) is 17.2 Å². The Morgan fingerprint density at radius 1 is 1.24 bits per heavy atom. The number of halogens is 1. The van der Waals surface area contributed by atoms with E-state index in [1.54, 1.807) is 11.8 Å². The van der Waals surface area contributed by atoms with Gasteiger partial charge < -0.3 is 5.32 Å². The molecule has 0 fully saturated rings. The molecule has 0 amide bonds. The molecule has 3 aromatic rings. The first-order valence-electron chi connectivity index (χ1n) is 6.49. The van der Waals surface area contributed by atoms with Crippen LogP contribution in [0.4, 0.5) is 5.82 Å². The van der Waals surface area contributed by atoms with Gasteiger partial charge in [0.25, 0.3) is 0 Å². The van der Waals surface area contributed by atoms with E-state index in [1.165, 1.54) is 11.9 Å². The zero-order chi connectivity index (χ0) is 14.7. The summed E-state index contributed by atoms with van der Waals surface area (Å²) in [6.07, 6.45) is 4.42. The van der Waals surface area contributed by atoms with Gasteiger partial charge in [-0.2, -0.15) is 5.10 Å². The molecule has 0 bridgehead atoms. The number of thioether (sulfide) groups is 1. The molecular formula is C14H14ClN5S. The van der Waals surface area contributed by atoms with E-state index >= 15 is 0 Å². The van der Waals surface area contributed by atoms with Crippen molar-refractivity contribution in [2.24, 2.45) is 0 Å². The fourth-order valence-electron chi connectivity index (χ4n) is 2.09. The van der Waals surface area contributed by atoms with Crippen molar-refractivity contribution in [3.05, 3.63) is 41.2 Å². The van der Waals surface area contributed by atoms with Gasteiger partial charge in [0.2, 0.25) is 0 Å². The van der Waals surface area contributed by atoms with Gasteiger partial charge in [0.05, 0.1) is 5.39 Å². The molecule has 1 aromatic carbocycles. The molecule has 0 radical (unpaired) electrons. The molecule has 5 nitrogen and oxygen atoms in total. The predicted octanol–water partition coefficient (Wildman–Crippen LogP) is 3.38. The second kappa shape index (κ2) is 6.32. The van der Waals surface area contributed by atoms with E-state index in [1.807, 2.05) is 30.5 Å². The second-order valence-corrected chi connectivity index (χ2v) is 5.71. The third-order valence-electron chi connectivity index (χ3n) is 3.14. The molecule has 21 heavy (non-hydrogen) atoms. The Hall–Kier alpha value is -1.79. The van der Waals surface area contributed by atoms with Crippen LogP contribution in [0.25, 0.3) is 11.0 Å². The summed E-state index contributed by atoms with van der Waals surface area (Å²) in [7, 11) is 0. The lowest BCUT2D eigenvalue weighted by Crippen LogP contribution is -2.07. The van der Waals surface area contributed by atoms with Crippen LogP contribution in [-0.2, 0) is 6.42 Å². The van der Waals surface area contributed by atoms with Gasteiger partial charge in [-0.15, -0.1) is 11.8 Å². The van der Waals surface area contributed by atoms with E-state index in [0.29, 0.717) is 0 Å². The highest BCUT2D eigenvalue weighted by Crippen LogP contribution is 2.27. The predicted molar refractivity (Wildman–Crippen MR) is 87.1 cm³/mol. The lowest BCUT2D eigenvalue weighted by atomic mass is 10.1. The zero-order valence-electron chi connectivity index (χ0n) is 11.4. The molecule has 0 aliphatic rings. The number of aromatic nitrogens is 4. The molecule has 0 saturated heterocycles. The Bertz CT molecular complexity index is 741. The Morgan fingerprint density at radius 3 is 2.81 bits per heavy atom. The molecule has 2 heterocycles. The van der Waals surface area contributed by atoms with E-state index in [9.17, 15) is 0 Å². The van der Waals surface area contributed by atoms with Crippen molar-refractivity contribution in [1.82, 2.24) is 20.2 Å². The topological polar surface area (TPSA) is 66.5 Å². The van der Waals surface area contributed by atoms with E-state index in [-0.39, 0.29) is 0 Å². The smallest absolute Gasteiger partial charge is 0.161 e. The van der Waals surface area contributed by atoms with Crippen molar-refractivity contribution in [3.63, 3.8) is 0 Å². The van der Waals surface area contributed by atoms with Crippen LogP contribution >= 0.6 is 23.4 Å². The number of nitrogens with zero attached hydrogens (tertiary/aromatic N) is 3. The van der Waals surface area contributed by atoms with Crippen LogP contribution in [0.5, 0.6) is 0 Å². The first-order valence-corrected chi connectivity index (χ1v) is 8.09. The maximum absolute atomic E-state index is 5.88. The average molecular weight is 320 g/mol. The maximum Gasteiger partial charge on any atom is 0.161 e. The molecule has 3 rings (SSSR count). The SMILES string of the molecule is CSc1n[nH]c2ncnc(NCCc3ccc(Cl)cc3)c12. The first-order chi connectivity index (χ1) is 10.3. The van der Waals surface area contributed by atoms with Crippen LogP contribution < -0.4 is 5.32 Å². The molecule has 2 N–H and O–H groups in total. The summed E-state index contributed by atoms with van der Waals surface area (Å²) in [4.78, 5) is 8.51. The number of hydrogen-bond acceptors (Lipinski definition) is 5. The minimum Gasteiger partial charge on any atom is -0.369 e. The molecule has 7 heteroatoms. The summed E-state index contributed by atoms with van der Waals surface area (Å²) >= 11 is 7.46. The molecule has 0 aliphatic heterocycles. The number of aromatic amines is 1. The van der Waals surface area contributed by atoms with Crippen LogP contribution in [-0.4, -0.2) is 33.0 Å². The highest BCUT2D eigenvalue weighted by atomic mass is 35.5. The second-order valence-electron chi connectivity index (χ2n) is 4.48. The third kappa shape index (κ3) is 3.11. The van der Waals surface area contributed by atoms with Gasteiger partial charge in [-0.05, 0) is 30.4 Å². The van der Waals surface area contributed by atoms with Crippen LogP contribution in [0.2, 0.25) is 5.02 Å². The molecular weight excluding hydrogens is 306 g/mol. The van der Waals surface area contributed by atoms with E-state index < -0.39 is 0 Å². The van der Waals surface area contributed by atoms with Crippen LogP contribution in [0.1, 0.15) is 5.56 Å². The largest absolute Gasteiger partial charge is 0.369 e. The minimum absolute atomic E-state index is 0.753. The molecule has 0 aliphatic carbocycles. The standard InChI is InChI=1S/C14H14ClN5S/c1-21-14-11-12(17-8-18-13(11)19-20-14)16-7-6-9-2-4-10(15)5-3-9/h2-5,8H,6-7H2,1H3,(H2,16,17,18,19,20). The quantitative estimate of drug-likeness (QED) is 0.706. The number of H-pyrrole nitrogens is 1. The summed E-state index contributed by atoms with van der Waals surface area (Å²) in [6.45, 7) is 0.784. The van der Waals surface area contributed by atoms with Gasteiger partial charge in [0, 0.05) is 11.6 Å².